The zero-order valence-corrected chi connectivity index (χ0v) is 19.5. The summed E-state index contributed by atoms with van der Waals surface area (Å²) in [5, 5.41) is 0. The average molecular weight is 616 g/mol. The molecule has 0 bridgehead atoms. The number of rotatable bonds is 3. The molecule has 144 valence electrons. The summed E-state index contributed by atoms with van der Waals surface area (Å²) in [7, 11) is -4.43. The van der Waals surface area contributed by atoms with E-state index in [2.05, 4.69) is 0 Å². The van der Waals surface area contributed by atoms with Gasteiger partial charge < -0.3 is 9.47 Å². The quantitative estimate of drug-likeness (QED) is 0.185. The first-order chi connectivity index (χ1) is 12.4. The Balaban J connectivity index is 2.22. The van der Waals surface area contributed by atoms with Crippen molar-refractivity contribution in [1.82, 2.24) is 0 Å². The van der Waals surface area contributed by atoms with E-state index >= 15 is 0 Å². The van der Waals surface area contributed by atoms with E-state index in [4.69, 9.17) is 9.47 Å². The highest BCUT2D eigenvalue weighted by atomic mass is 127. The third-order valence-corrected chi connectivity index (χ3v) is 6.80. The predicted molar refractivity (Wildman–Crippen MR) is 114 cm³/mol. The van der Waals surface area contributed by atoms with Crippen molar-refractivity contribution in [3.63, 3.8) is 0 Å². The Hall–Kier alpha value is -1.25. The summed E-state index contributed by atoms with van der Waals surface area (Å²) >= 11 is 3.36. The summed E-state index contributed by atoms with van der Waals surface area (Å²) < 4.78 is 42.4. The van der Waals surface area contributed by atoms with Gasteiger partial charge >= 0.3 is 11.9 Å². The first-order valence-electron chi connectivity index (χ1n) is 7.38. The Morgan fingerprint density at radius 1 is 0.889 bits per heavy atom. The largest absolute Gasteiger partial charge is 0.423 e. The minimum absolute atomic E-state index is 0.0458. The lowest BCUT2D eigenvalue weighted by molar-refractivity contribution is -0.156. The van der Waals surface area contributed by atoms with Gasteiger partial charge in [0.1, 0.15) is 16.4 Å². The Morgan fingerprint density at radius 2 is 1.33 bits per heavy atom. The van der Waals surface area contributed by atoms with Gasteiger partial charge in [-0.2, -0.15) is 8.42 Å². The summed E-state index contributed by atoms with van der Waals surface area (Å²) in [6, 6.07) is 6.08. The number of hydrogen-bond donors (Lipinski definition) is 1. The number of halogens is 2. The van der Waals surface area contributed by atoms with Crippen LogP contribution in [0.2, 0.25) is 0 Å². The molecule has 1 N–H and O–H groups in total. The van der Waals surface area contributed by atoms with Crippen LogP contribution in [0.25, 0.3) is 0 Å². The van der Waals surface area contributed by atoms with Crippen LogP contribution >= 0.6 is 45.2 Å². The van der Waals surface area contributed by atoms with Crippen LogP contribution in [-0.4, -0.2) is 24.9 Å². The average Bonchev–Trinajstić information content (AvgIpc) is 2.48. The third kappa shape index (κ3) is 5.39. The molecule has 0 aromatic heterocycles. The monoisotopic (exact) mass is 616 g/mol. The van der Waals surface area contributed by atoms with E-state index in [-0.39, 0.29) is 23.5 Å². The van der Waals surface area contributed by atoms with Gasteiger partial charge in [-0.15, -0.1) is 0 Å². The molecule has 0 aliphatic carbocycles. The first kappa shape index (κ1) is 22.0. The molecule has 0 amide bonds. The summed E-state index contributed by atoms with van der Waals surface area (Å²) in [6.45, 7) is 5.42. The topological polar surface area (TPSA) is 107 Å². The lowest BCUT2D eigenvalue weighted by Gasteiger charge is -2.12. The fraction of sp³-hybridized carbons (Fsp3) is 0.176. The standard InChI is InChI=1S/C17H14I2O7S/c1-8-4-9(2)14(10(3)5-8)26-17(21)16(20)25-11-6-12(18)15(13(19)7-11)27(22,23)24/h4-7H,1-3H3,(H,22,23,24). The molecule has 0 spiro atoms. The fourth-order valence-corrected chi connectivity index (χ4v) is 6.44. The maximum absolute atomic E-state index is 12.1. The van der Waals surface area contributed by atoms with Gasteiger partial charge in [-0.05, 0) is 89.2 Å². The van der Waals surface area contributed by atoms with Crippen LogP contribution in [-0.2, 0) is 19.7 Å². The van der Waals surface area contributed by atoms with Crippen LogP contribution < -0.4 is 9.47 Å². The van der Waals surface area contributed by atoms with E-state index in [1.165, 1.54) is 12.1 Å². The van der Waals surface area contributed by atoms with Crippen molar-refractivity contribution in [2.75, 3.05) is 0 Å². The minimum atomic E-state index is -4.43. The molecule has 10 heteroatoms. The number of carbonyl (C=O) groups excluding carboxylic acids is 2. The van der Waals surface area contributed by atoms with Gasteiger partial charge in [0.25, 0.3) is 10.1 Å². The maximum atomic E-state index is 12.1. The number of aryl methyl sites for hydroxylation is 3. The molecule has 27 heavy (non-hydrogen) atoms. The van der Waals surface area contributed by atoms with Crippen LogP contribution in [0.5, 0.6) is 11.5 Å². The molecule has 2 aromatic carbocycles. The zero-order valence-electron chi connectivity index (χ0n) is 14.4. The molecular formula is C17H14I2O7S. The van der Waals surface area contributed by atoms with Crippen LogP contribution in [0.4, 0.5) is 0 Å². The normalized spacial score (nSPS) is 11.2. The highest BCUT2D eigenvalue weighted by Gasteiger charge is 2.24. The molecule has 2 rings (SSSR count). The lowest BCUT2D eigenvalue weighted by Crippen LogP contribution is -2.26. The Kier molecular flexibility index (Phi) is 6.86. The van der Waals surface area contributed by atoms with E-state index in [9.17, 15) is 22.6 Å². The van der Waals surface area contributed by atoms with Crippen molar-refractivity contribution in [3.05, 3.63) is 48.1 Å². The van der Waals surface area contributed by atoms with E-state index in [0.29, 0.717) is 11.1 Å². The van der Waals surface area contributed by atoms with Crippen molar-refractivity contribution >= 4 is 67.2 Å². The van der Waals surface area contributed by atoms with E-state index in [1.807, 2.05) is 19.1 Å². The summed E-state index contributed by atoms with van der Waals surface area (Å²) in [6.07, 6.45) is 0. The van der Waals surface area contributed by atoms with Crippen molar-refractivity contribution in [3.8, 4) is 11.5 Å². The van der Waals surface area contributed by atoms with Gasteiger partial charge in [0.15, 0.2) is 0 Å². The molecule has 7 nitrogen and oxygen atoms in total. The molecule has 0 heterocycles. The highest BCUT2D eigenvalue weighted by Crippen LogP contribution is 2.29. The van der Waals surface area contributed by atoms with Gasteiger partial charge in [-0.25, -0.2) is 9.59 Å². The number of hydrogen-bond acceptors (Lipinski definition) is 6. The van der Waals surface area contributed by atoms with Gasteiger partial charge in [-0.3, -0.25) is 4.55 Å². The second kappa shape index (κ2) is 8.41. The second-order valence-corrected chi connectivity index (χ2v) is 9.38. The Bertz CT molecular complexity index is 999. The van der Waals surface area contributed by atoms with E-state index in [0.717, 1.165) is 5.56 Å². The number of benzene rings is 2. The third-order valence-electron chi connectivity index (χ3n) is 3.41. The van der Waals surface area contributed by atoms with Crippen LogP contribution in [0.1, 0.15) is 16.7 Å². The first-order valence-corrected chi connectivity index (χ1v) is 11.0. The van der Waals surface area contributed by atoms with Gasteiger partial charge in [0, 0.05) is 7.14 Å². The van der Waals surface area contributed by atoms with E-state index < -0.39 is 22.1 Å². The SMILES string of the molecule is Cc1cc(C)c(OC(=O)C(=O)Oc2cc(I)c(S(=O)(=O)O)c(I)c2)c(C)c1. The number of carbonyl (C=O) groups is 2. The smallest absolute Gasteiger partial charge is 0.418 e. The van der Waals surface area contributed by atoms with Gasteiger partial charge in [-0.1, -0.05) is 17.7 Å². The Labute approximate surface area is 183 Å². The summed E-state index contributed by atoms with van der Waals surface area (Å²) in [4.78, 5) is 23.8. The molecule has 0 atom stereocenters. The molecule has 0 unspecified atom stereocenters. The maximum Gasteiger partial charge on any atom is 0.423 e. The lowest BCUT2D eigenvalue weighted by atomic mass is 10.1. The van der Waals surface area contributed by atoms with Crippen molar-refractivity contribution in [1.29, 1.82) is 0 Å². The molecule has 0 aliphatic rings. The van der Waals surface area contributed by atoms with Crippen LogP contribution in [0.3, 0.4) is 0 Å². The van der Waals surface area contributed by atoms with Gasteiger partial charge in [0.2, 0.25) is 0 Å². The zero-order chi connectivity index (χ0) is 20.5. The summed E-state index contributed by atoms with van der Waals surface area (Å²) in [5.74, 6) is -2.21. The molecule has 0 radical (unpaired) electrons. The Morgan fingerprint density at radius 3 is 1.78 bits per heavy atom. The van der Waals surface area contributed by atoms with Crippen molar-refractivity contribution in [2.45, 2.75) is 25.7 Å². The number of ether oxygens (including phenoxy) is 2. The van der Waals surface area contributed by atoms with E-state index in [1.54, 1.807) is 59.0 Å². The predicted octanol–water partition coefficient (Wildman–Crippen LogP) is 3.58. The van der Waals surface area contributed by atoms with Crippen LogP contribution in [0, 0.1) is 27.9 Å². The molecule has 0 aliphatic heterocycles. The second-order valence-electron chi connectivity index (χ2n) is 5.70. The molecule has 0 saturated heterocycles. The molecule has 2 aromatic rings. The summed E-state index contributed by atoms with van der Waals surface area (Å²) in [5.41, 5.74) is 2.40. The van der Waals surface area contributed by atoms with Crippen molar-refractivity contribution < 1.29 is 32.0 Å². The highest BCUT2D eigenvalue weighted by molar-refractivity contribution is 14.1. The number of esters is 2. The fourth-order valence-electron chi connectivity index (χ4n) is 2.45. The molecular weight excluding hydrogens is 602 g/mol. The minimum Gasteiger partial charge on any atom is -0.418 e. The van der Waals surface area contributed by atoms with Gasteiger partial charge in [0.05, 0.1) is 0 Å². The van der Waals surface area contributed by atoms with Crippen LogP contribution in [0.15, 0.2) is 29.2 Å². The molecule has 0 fully saturated rings. The molecule has 0 saturated carbocycles. The van der Waals surface area contributed by atoms with Crippen molar-refractivity contribution in [2.24, 2.45) is 0 Å².